The molecule has 1 atom stereocenters. The molecule has 0 heterocycles. The predicted molar refractivity (Wildman–Crippen MR) is 44.1 cm³/mol. The van der Waals surface area contributed by atoms with E-state index in [1.54, 1.807) is 18.2 Å². The first-order valence-corrected chi connectivity index (χ1v) is 4.21. The van der Waals surface area contributed by atoms with Crippen LogP contribution < -0.4 is 0 Å². The number of benzene rings is 1. The molecule has 1 aliphatic carbocycles. The molecule has 0 bridgehead atoms. The minimum atomic E-state index is -0.591. The van der Waals surface area contributed by atoms with E-state index in [9.17, 15) is 9.50 Å². The molecule has 0 unspecified atom stereocenters. The zero-order valence-corrected chi connectivity index (χ0v) is 6.70. The van der Waals surface area contributed by atoms with Crippen molar-refractivity contribution in [2.45, 2.75) is 18.9 Å². The van der Waals surface area contributed by atoms with Gasteiger partial charge in [-0.2, -0.15) is 0 Å². The van der Waals surface area contributed by atoms with Gasteiger partial charge in [0.2, 0.25) is 0 Å². The molecule has 64 valence electrons. The summed E-state index contributed by atoms with van der Waals surface area (Å²) >= 11 is 0. The van der Waals surface area contributed by atoms with Crippen LogP contribution in [0.2, 0.25) is 0 Å². The Morgan fingerprint density at radius 3 is 2.58 bits per heavy atom. The van der Waals surface area contributed by atoms with Gasteiger partial charge in [-0.1, -0.05) is 18.2 Å². The van der Waals surface area contributed by atoms with Crippen LogP contribution in [-0.2, 0) is 0 Å². The SMILES string of the molecule is O[C@@H](c1ccccc1F)C1CC1. The molecule has 0 saturated heterocycles. The number of halogens is 1. The molecular formula is C10H11FO. The van der Waals surface area contributed by atoms with Gasteiger partial charge >= 0.3 is 0 Å². The fraction of sp³-hybridized carbons (Fsp3) is 0.400. The highest BCUT2D eigenvalue weighted by Crippen LogP contribution is 2.41. The van der Waals surface area contributed by atoms with E-state index in [2.05, 4.69) is 0 Å². The highest BCUT2D eigenvalue weighted by atomic mass is 19.1. The van der Waals surface area contributed by atoms with Gasteiger partial charge in [-0.05, 0) is 24.8 Å². The van der Waals surface area contributed by atoms with E-state index in [1.807, 2.05) is 0 Å². The summed E-state index contributed by atoms with van der Waals surface area (Å²) in [6.07, 6.45) is 1.46. The monoisotopic (exact) mass is 166 g/mol. The lowest BCUT2D eigenvalue weighted by Gasteiger charge is -2.09. The van der Waals surface area contributed by atoms with Crippen molar-refractivity contribution in [1.82, 2.24) is 0 Å². The largest absolute Gasteiger partial charge is 0.388 e. The van der Waals surface area contributed by atoms with Crippen LogP contribution in [0.25, 0.3) is 0 Å². The second-order valence-electron chi connectivity index (χ2n) is 3.30. The highest BCUT2D eigenvalue weighted by molar-refractivity contribution is 5.21. The summed E-state index contributed by atoms with van der Waals surface area (Å²) in [6.45, 7) is 0. The van der Waals surface area contributed by atoms with Gasteiger partial charge in [0.15, 0.2) is 0 Å². The fourth-order valence-electron chi connectivity index (χ4n) is 1.38. The zero-order valence-electron chi connectivity index (χ0n) is 6.70. The lowest BCUT2D eigenvalue weighted by atomic mass is 10.1. The number of rotatable bonds is 2. The lowest BCUT2D eigenvalue weighted by Crippen LogP contribution is -2.01. The van der Waals surface area contributed by atoms with Crippen molar-refractivity contribution in [1.29, 1.82) is 0 Å². The normalized spacial score (nSPS) is 19.2. The van der Waals surface area contributed by atoms with E-state index in [1.165, 1.54) is 6.07 Å². The molecule has 0 radical (unpaired) electrons. The number of hydrogen-bond acceptors (Lipinski definition) is 1. The smallest absolute Gasteiger partial charge is 0.129 e. The Bertz CT molecular complexity index is 281. The molecular weight excluding hydrogens is 155 g/mol. The number of hydrogen-bond donors (Lipinski definition) is 1. The average molecular weight is 166 g/mol. The van der Waals surface area contributed by atoms with Gasteiger partial charge < -0.3 is 5.11 Å². The predicted octanol–water partition coefficient (Wildman–Crippen LogP) is 2.27. The topological polar surface area (TPSA) is 20.2 Å². The summed E-state index contributed by atoms with van der Waals surface area (Å²) in [7, 11) is 0. The third-order valence-corrected chi connectivity index (χ3v) is 2.29. The van der Waals surface area contributed by atoms with Crippen molar-refractivity contribution < 1.29 is 9.50 Å². The molecule has 1 saturated carbocycles. The van der Waals surface area contributed by atoms with Crippen LogP contribution in [0.3, 0.4) is 0 Å². The molecule has 1 fully saturated rings. The summed E-state index contributed by atoms with van der Waals surface area (Å²) in [5.41, 5.74) is 0.444. The van der Waals surface area contributed by atoms with Crippen molar-refractivity contribution in [3.8, 4) is 0 Å². The first-order chi connectivity index (χ1) is 5.79. The quantitative estimate of drug-likeness (QED) is 0.714. The molecule has 2 heteroatoms. The van der Waals surface area contributed by atoms with Gasteiger partial charge in [-0.25, -0.2) is 4.39 Å². The van der Waals surface area contributed by atoms with Gasteiger partial charge in [0.25, 0.3) is 0 Å². The molecule has 1 aliphatic rings. The number of aliphatic hydroxyl groups excluding tert-OH is 1. The van der Waals surface area contributed by atoms with Crippen molar-refractivity contribution in [3.05, 3.63) is 35.6 Å². The lowest BCUT2D eigenvalue weighted by molar-refractivity contribution is 0.149. The molecule has 1 aromatic carbocycles. The summed E-state index contributed by atoms with van der Waals surface area (Å²) in [5, 5.41) is 9.60. The van der Waals surface area contributed by atoms with Gasteiger partial charge in [0.05, 0.1) is 6.10 Å². The number of aliphatic hydroxyl groups is 1. The highest BCUT2D eigenvalue weighted by Gasteiger charge is 2.31. The third kappa shape index (κ3) is 1.34. The molecule has 1 N–H and O–H groups in total. The first kappa shape index (κ1) is 7.74. The molecule has 12 heavy (non-hydrogen) atoms. The van der Waals surface area contributed by atoms with Gasteiger partial charge in [0, 0.05) is 5.56 Å². The second-order valence-corrected chi connectivity index (χ2v) is 3.30. The Hall–Kier alpha value is -0.890. The maximum atomic E-state index is 13.1. The van der Waals surface area contributed by atoms with E-state index in [-0.39, 0.29) is 5.82 Å². The average Bonchev–Trinajstić information content (AvgIpc) is 2.86. The Labute approximate surface area is 70.8 Å². The van der Waals surface area contributed by atoms with E-state index in [0.717, 1.165) is 12.8 Å². The van der Waals surface area contributed by atoms with Crippen LogP contribution in [0.1, 0.15) is 24.5 Å². The Morgan fingerprint density at radius 2 is 2.00 bits per heavy atom. The van der Waals surface area contributed by atoms with Gasteiger partial charge in [-0.15, -0.1) is 0 Å². The van der Waals surface area contributed by atoms with Gasteiger partial charge in [-0.3, -0.25) is 0 Å². The Balaban J connectivity index is 2.25. The minimum Gasteiger partial charge on any atom is -0.388 e. The van der Waals surface area contributed by atoms with Crippen LogP contribution in [0.15, 0.2) is 24.3 Å². The molecule has 1 nitrogen and oxygen atoms in total. The zero-order chi connectivity index (χ0) is 8.55. The maximum absolute atomic E-state index is 13.1. The molecule has 0 aromatic heterocycles. The van der Waals surface area contributed by atoms with Gasteiger partial charge in [0.1, 0.15) is 5.82 Å². The fourth-order valence-corrected chi connectivity index (χ4v) is 1.38. The maximum Gasteiger partial charge on any atom is 0.129 e. The summed E-state index contributed by atoms with van der Waals surface area (Å²) in [4.78, 5) is 0. The van der Waals surface area contributed by atoms with Crippen LogP contribution in [-0.4, -0.2) is 5.11 Å². The van der Waals surface area contributed by atoms with Crippen LogP contribution >= 0.6 is 0 Å². The molecule has 0 aliphatic heterocycles. The second kappa shape index (κ2) is 2.87. The van der Waals surface area contributed by atoms with E-state index in [0.29, 0.717) is 11.5 Å². The Morgan fingerprint density at radius 1 is 1.33 bits per heavy atom. The minimum absolute atomic E-state index is 0.293. The van der Waals surface area contributed by atoms with Crippen LogP contribution in [0.4, 0.5) is 4.39 Å². The molecule has 1 aromatic rings. The van der Waals surface area contributed by atoms with E-state index in [4.69, 9.17) is 0 Å². The van der Waals surface area contributed by atoms with Crippen molar-refractivity contribution in [3.63, 3.8) is 0 Å². The summed E-state index contributed by atoms with van der Waals surface area (Å²) in [5.74, 6) is -0.00111. The molecule has 2 rings (SSSR count). The molecule has 0 spiro atoms. The standard InChI is InChI=1S/C10H11FO/c11-9-4-2-1-3-8(9)10(12)7-5-6-7/h1-4,7,10,12H,5-6H2/t10-/m1/s1. The van der Waals surface area contributed by atoms with Crippen LogP contribution in [0.5, 0.6) is 0 Å². The van der Waals surface area contributed by atoms with Crippen LogP contribution in [0, 0.1) is 11.7 Å². The van der Waals surface area contributed by atoms with Crippen molar-refractivity contribution in [2.24, 2.45) is 5.92 Å². The third-order valence-electron chi connectivity index (χ3n) is 2.29. The summed E-state index contributed by atoms with van der Waals surface area (Å²) in [6, 6.07) is 6.43. The first-order valence-electron chi connectivity index (χ1n) is 4.21. The molecule has 0 amide bonds. The van der Waals surface area contributed by atoms with Crippen molar-refractivity contribution >= 4 is 0 Å². The van der Waals surface area contributed by atoms with Crippen molar-refractivity contribution in [2.75, 3.05) is 0 Å². The van der Waals surface area contributed by atoms with E-state index < -0.39 is 6.10 Å². The van der Waals surface area contributed by atoms with E-state index >= 15 is 0 Å². The summed E-state index contributed by atoms with van der Waals surface area (Å²) < 4.78 is 13.1. The Kier molecular flexibility index (Phi) is 1.85.